The Hall–Kier alpha value is -1.09. The summed E-state index contributed by atoms with van der Waals surface area (Å²) in [6.07, 6.45) is 0. The number of hydrogen-bond donors (Lipinski definition) is 2. The van der Waals surface area contributed by atoms with Crippen LogP contribution >= 0.6 is 27.3 Å². The molecule has 0 bridgehead atoms. The van der Waals surface area contributed by atoms with E-state index in [0.717, 1.165) is 9.35 Å². The lowest BCUT2D eigenvalue weighted by atomic mass is 10.3. The second-order valence-corrected chi connectivity index (χ2v) is 7.61. The van der Waals surface area contributed by atoms with E-state index in [2.05, 4.69) is 20.7 Å². The van der Waals surface area contributed by atoms with Crippen LogP contribution in [0.2, 0.25) is 0 Å². The minimum absolute atomic E-state index is 0.0376. The summed E-state index contributed by atoms with van der Waals surface area (Å²) in [5.41, 5.74) is 6.00. The fourth-order valence-corrected chi connectivity index (χ4v) is 4.28. The first-order valence-corrected chi connectivity index (χ1v) is 8.74. The Balaban J connectivity index is 2.24. The van der Waals surface area contributed by atoms with Crippen molar-refractivity contribution in [1.29, 1.82) is 0 Å². The van der Waals surface area contributed by atoms with Crippen molar-refractivity contribution in [2.75, 3.05) is 12.8 Å². The van der Waals surface area contributed by atoms with E-state index in [4.69, 9.17) is 10.5 Å². The first kappa shape index (κ1) is 15.3. The molecule has 0 fully saturated rings. The minimum atomic E-state index is -3.68. The molecule has 1 aromatic carbocycles. The van der Waals surface area contributed by atoms with Gasteiger partial charge in [-0.1, -0.05) is 0 Å². The standard InChI is InChI=1S/C12H13BrN2O3S2/c1-18-11-3-2-9(14)5-12(11)20(16,17)15-6-10-4-8(13)7-19-10/h2-5,7,15H,6,14H2,1H3. The second kappa shape index (κ2) is 6.13. The molecular formula is C12H13BrN2O3S2. The molecule has 0 aliphatic heterocycles. The van der Waals surface area contributed by atoms with Gasteiger partial charge >= 0.3 is 0 Å². The number of nitrogen functional groups attached to an aromatic ring is 1. The Morgan fingerprint density at radius 1 is 1.40 bits per heavy atom. The highest BCUT2D eigenvalue weighted by atomic mass is 79.9. The van der Waals surface area contributed by atoms with Crippen molar-refractivity contribution in [3.63, 3.8) is 0 Å². The molecule has 0 saturated carbocycles. The van der Waals surface area contributed by atoms with E-state index < -0.39 is 10.0 Å². The zero-order chi connectivity index (χ0) is 14.8. The number of hydrogen-bond acceptors (Lipinski definition) is 5. The predicted molar refractivity (Wildman–Crippen MR) is 83.5 cm³/mol. The van der Waals surface area contributed by atoms with Crippen molar-refractivity contribution in [2.45, 2.75) is 11.4 Å². The number of nitrogens with one attached hydrogen (secondary N) is 1. The van der Waals surface area contributed by atoms with Gasteiger partial charge in [-0.15, -0.1) is 11.3 Å². The van der Waals surface area contributed by atoms with Crippen molar-refractivity contribution in [3.8, 4) is 5.75 Å². The van der Waals surface area contributed by atoms with Gasteiger partial charge in [0.1, 0.15) is 10.6 Å². The zero-order valence-electron chi connectivity index (χ0n) is 10.6. The SMILES string of the molecule is COc1ccc(N)cc1S(=O)(=O)NCc1cc(Br)cs1. The Labute approximate surface area is 129 Å². The summed E-state index contributed by atoms with van der Waals surface area (Å²) in [6.45, 7) is 0.219. The zero-order valence-corrected chi connectivity index (χ0v) is 13.8. The molecule has 0 aliphatic rings. The average Bonchev–Trinajstić information content (AvgIpc) is 2.82. The van der Waals surface area contributed by atoms with Gasteiger partial charge in [0.25, 0.3) is 0 Å². The second-order valence-electron chi connectivity index (χ2n) is 3.97. The quantitative estimate of drug-likeness (QED) is 0.785. The molecule has 20 heavy (non-hydrogen) atoms. The lowest BCUT2D eigenvalue weighted by Gasteiger charge is -2.10. The summed E-state index contributed by atoms with van der Waals surface area (Å²) in [4.78, 5) is 0.943. The monoisotopic (exact) mass is 376 g/mol. The molecule has 2 rings (SSSR count). The van der Waals surface area contributed by atoms with Gasteiger partial charge in [0.15, 0.2) is 0 Å². The molecule has 0 unspecified atom stereocenters. The molecule has 0 spiro atoms. The maximum absolute atomic E-state index is 12.3. The molecule has 0 atom stereocenters. The van der Waals surface area contributed by atoms with Gasteiger partial charge in [-0.2, -0.15) is 0 Å². The van der Waals surface area contributed by atoms with Crippen molar-refractivity contribution in [3.05, 3.63) is 39.0 Å². The van der Waals surface area contributed by atoms with Crippen molar-refractivity contribution >= 4 is 43.0 Å². The number of benzene rings is 1. The predicted octanol–water partition coefficient (Wildman–Crippen LogP) is 2.58. The molecule has 8 heteroatoms. The van der Waals surface area contributed by atoms with Gasteiger partial charge in [-0.3, -0.25) is 0 Å². The lowest BCUT2D eigenvalue weighted by molar-refractivity contribution is 0.402. The van der Waals surface area contributed by atoms with E-state index in [1.54, 1.807) is 6.07 Å². The van der Waals surface area contributed by atoms with Crippen molar-refractivity contribution < 1.29 is 13.2 Å². The van der Waals surface area contributed by atoms with Crippen LogP contribution in [0, 0.1) is 0 Å². The molecule has 0 saturated heterocycles. The summed E-state index contributed by atoms with van der Waals surface area (Å²) in [6, 6.07) is 6.37. The van der Waals surface area contributed by atoms with E-state index in [1.165, 1.54) is 30.6 Å². The number of sulfonamides is 1. The fourth-order valence-electron chi connectivity index (χ4n) is 1.59. The van der Waals surface area contributed by atoms with Crippen molar-refractivity contribution in [1.82, 2.24) is 4.72 Å². The van der Waals surface area contributed by atoms with E-state index in [1.807, 2.05) is 11.4 Å². The number of anilines is 1. The van der Waals surface area contributed by atoms with E-state index >= 15 is 0 Å². The molecule has 1 heterocycles. The minimum Gasteiger partial charge on any atom is -0.495 e. The highest BCUT2D eigenvalue weighted by Gasteiger charge is 2.19. The van der Waals surface area contributed by atoms with Crippen LogP contribution in [0.5, 0.6) is 5.75 Å². The van der Waals surface area contributed by atoms with Gasteiger partial charge in [0.05, 0.1) is 7.11 Å². The summed E-state index contributed by atoms with van der Waals surface area (Å²) in [5, 5.41) is 1.89. The third kappa shape index (κ3) is 3.51. The first-order chi connectivity index (χ1) is 9.42. The first-order valence-electron chi connectivity index (χ1n) is 5.58. The summed E-state index contributed by atoms with van der Waals surface area (Å²) >= 11 is 4.80. The number of rotatable bonds is 5. The van der Waals surface area contributed by atoms with E-state index in [9.17, 15) is 8.42 Å². The highest BCUT2D eigenvalue weighted by molar-refractivity contribution is 9.10. The van der Waals surface area contributed by atoms with Gasteiger partial charge in [0, 0.05) is 27.0 Å². The normalized spacial score (nSPS) is 11.5. The van der Waals surface area contributed by atoms with Gasteiger partial charge in [-0.25, -0.2) is 13.1 Å². The highest BCUT2D eigenvalue weighted by Crippen LogP contribution is 2.26. The summed E-state index contributed by atoms with van der Waals surface area (Å²) < 4.78 is 33.1. The molecule has 1 aromatic heterocycles. The van der Waals surface area contributed by atoms with Gasteiger partial charge in [0.2, 0.25) is 10.0 Å². The lowest BCUT2D eigenvalue weighted by Crippen LogP contribution is -2.23. The number of halogens is 1. The Morgan fingerprint density at radius 2 is 2.15 bits per heavy atom. The van der Waals surface area contributed by atoms with Crippen LogP contribution in [0.15, 0.2) is 39.0 Å². The fraction of sp³-hybridized carbons (Fsp3) is 0.167. The molecule has 2 aromatic rings. The van der Waals surface area contributed by atoms with Gasteiger partial charge in [-0.05, 0) is 40.2 Å². The van der Waals surface area contributed by atoms with Crippen LogP contribution in [0.25, 0.3) is 0 Å². The van der Waals surface area contributed by atoms with Crippen molar-refractivity contribution in [2.24, 2.45) is 0 Å². The van der Waals surface area contributed by atoms with Gasteiger partial charge < -0.3 is 10.5 Å². The molecule has 0 amide bonds. The van der Waals surface area contributed by atoms with Crippen LogP contribution in [0.1, 0.15) is 4.88 Å². The van der Waals surface area contributed by atoms with Crippen LogP contribution < -0.4 is 15.2 Å². The molecule has 5 nitrogen and oxygen atoms in total. The summed E-state index contributed by atoms with van der Waals surface area (Å²) in [5.74, 6) is 0.263. The van der Waals surface area contributed by atoms with E-state index in [0.29, 0.717) is 5.69 Å². The van der Waals surface area contributed by atoms with Crippen LogP contribution in [0.3, 0.4) is 0 Å². The topological polar surface area (TPSA) is 81.4 Å². The number of thiophene rings is 1. The third-order valence-corrected chi connectivity index (χ3v) is 5.66. The van der Waals surface area contributed by atoms with E-state index in [-0.39, 0.29) is 17.2 Å². The average molecular weight is 377 g/mol. The molecule has 0 radical (unpaired) electrons. The third-order valence-electron chi connectivity index (χ3n) is 2.54. The number of nitrogens with two attached hydrogens (primary N) is 1. The van der Waals surface area contributed by atoms with Crippen LogP contribution in [0.4, 0.5) is 5.69 Å². The van der Waals surface area contributed by atoms with Crippen LogP contribution in [-0.4, -0.2) is 15.5 Å². The molecule has 108 valence electrons. The molecule has 3 N–H and O–H groups in total. The molecular weight excluding hydrogens is 364 g/mol. The maximum Gasteiger partial charge on any atom is 0.244 e. The Morgan fingerprint density at radius 3 is 2.75 bits per heavy atom. The number of methoxy groups -OCH3 is 1. The largest absolute Gasteiger partial charge is 0.495 e. The Bertz CT molecular complexity index is 713. The maximum atomic E-state index is 12.3. The van der Waals surface area contributed by atoms with Crippen LogP contribution in [-0.2, 0) is 16.6 Å². The Kier molecular flexibility index (Phi) is 4.69. The summed E-state index contributed by atoms with van der Waals surface area (Å²) in [7, 11) is -2.26. The number of ether oxygens (including phenoxy) is 1. The smallest absolute Gasteiger partial charge is 0.244 e. The molecule has 0 aliphatic carbocycles.